The van der Waals surface area contributed by atoms with Crippen molar-refractivity contribution in [3.63, 3.8) is 0 Å². The van der Waals surface area contributed by atoms with E-state index in [0.717, 1.165) is 0 Å². The second-order valence-corrected chi connectivity index (χ2v) is 7.28. The molecule has 122 valence electrons. The van der Waals surface area contributed by atoms with Gasteiger partial charge in [0, 0.05) is 19.6 Å². The first-order chi connectivity index (χ1) is 10.4. The van der Waals surface area contributed by atoms with Crippen molar-refractivity contribution >= 4 is 9.84 Å². The van der Waals surface area contributed by atoms with E-state index in [-0.39, 0.29) is 10.6 Å². The van der Waals surface area contributed by atoms with Crippen molar-refractivity contribution in [2.24, 2.45) is 0 Å². The fourth-order valence-corrected chi connectivity index (χ4v) is 4.60. The van der Waals surface area contributed by atoms with Crippen LogP contribution in [0, 0.1) is 0 Å². The minimum absolute atomic E-state index is 0.0415. The zero-order valence-electron chi connectivity index (χ0n) is 11.6. The highest BCUT2D eigenvalue weighted by molar-refractivity contribution is 7.92. The highest BCUT2D eigenvalue weighted by Crippen LogP contribution is 2.33. The Labute approximate surface area is 126 Å². The number of benzene rings is 1. The molecular weight excluding hydrogens is 318 g/mol. The van der Waals surface area contributed by atoms with Crippen LogP contribution in [0.15, 0.2) is 29.2 Å². The van der Waals surface area contributed by atoms with E-state index >= 15 is 0 Å². The molecule has 0 bridgehead atoms. The van der Waals surface area contributed by atoms with Gasteiger partial charge in [-0.05, 0) is 24.3 Å². The van der Waals surface area contributed by atoms with Gasteiger partial charge >= 0.3 is 6.61 Å². The van der Waals surface area contributed by atoms with E-state index in [1.165, 1.54) is 24.3 Å². The number of hydrogen-bond acceptors (Lipinski definition) is 6. The molecule has 0 amide bonds. The van der Waals surface area contributed by atoms with Gasteiger partial charge in [-0.2, -0.15) is 8.78 Å². The van der Waals surface area contributed by atoms with Crippen LogP contribution >= 0.6 is 0 Å². The summed E-state index contributed by atoms with van der Waals surface area (Å²) in [6.45, 7) is -0.892. The topological polar surface area (TPSA) is 76.7 Å². The van der Waals surface area contributed by atoms with Crippen molar-refractivity contribution in [3.8, 4) is 5.75 Å². The largest absolute Gasteiger partial charge is 0.435 e. The molecule has 2 unspecified atom stereocenters. The van der Waals surface area contributed by atoms with Crippen LogP contribution in [0.3, 0.4) is 0 Å². The molecule has 0 aliphatic carbocycles. The van der Waals surface area contributed by atoms with Crippen LogP contribution in [0.2, 0.25) is 0 Å². The van der Waals surface area contributed by atoms with Gasteiger partial charge in [0.1, 0.15) is 16.7 Å². The number of halogens is 2. The predicted molar refractivity (Wildman–Crippen MR) is 73.6 cm³/mol. The summed E-state index contributed by atoms with van der Waals surface area (Å²) in [5.74, 6) is -0.0826. The summed E-state index contributed by atoms with van der Waals surface area (Å²) >= 11 is 0. The van der Waals surface area contributed by atoms with Crippen LogP contribution in [0.25, 0.3) is 0 Å². The lowest BCUT2D eigenvalue weighted by molar-refractivity contribution is -0.109. The van der Waals surface area contributed by atoms with Gasteiger partial charge in [-0.1, -0.05) is 0 Å². The van der Waals surface area contributed by atoms with E-state index in [1.54, 1.807) is 0 Å². The molecule has 2 aliphatic rings. The molecule has 2 aliphatic heterocycles. The first-order valence-corrected chi connectivity index (χ1v) is 8.36. The molecule has 1 spiro atoms. The summed E-state index contributed by atoms with van der Waals surface area (Å²) in [5, 5.41) is 5.16. The normalized spacial score (nSPS) is 28.6. The van der Waals surface area contributed by atoms with Gasteiger partial charge in [-0.3, -0.25) is 5.32 Å². The number of sulfone groups is 1. The molecule has 2 heterocycles. The Bertz CT molecular complexity index is 630. The maximum Gasteiger partial charge on any atom is 0.387 e. The van der Waals surface area contributed by atoms with Gasteiger partial charge in [-0.25, -0.2) is 8.42 Å². The smallest absolute Gasteiger partial charge is 0.387 e. The molecular formula is C13H16F2N2O4S. The van der Waals surface area contributed by atoms with Gasteiger partial charge in [0.25, 0.3) is 0 Å². The lowest BCUT2D eigenvalue weighted by atomic mass is 9.95. The Hall–Kier alpha value is -1.29. The van der Waals surface area contributed by atoms with Crippen molar-refractivity contribution in [1.29, 1.82) is 0 Å². The Kier molecular flexibility index (Phi) is 4.06. The Morgan fingerprint density at radius 1 is 1.27 bits per heavy atom. The van der Waals surface area contributed by atoms with Crippen LogP contribution < -0.4 is 15.4 Å². The highest BCUT2D eigenvalue weighted by Gasteiger charge is 2.55. The maximum atomic E-state index is 12.7. The molecule has 0 saturated carbocycles. The number of nitrogens with one attached hydrogen (secondary N) is 2. The number of hydrogen-bond donors (Lipinski definition) is 2. The molecule has 3 rings (SSSR count). The molecule has 2 fully saturated rings. The standard InChI is InChI=1S/C13H16F2N2O4S/c14-12(15)21-9-1-3-10(4-2-9)22(18,19)11-13(8-17-11)7-16-5-6-20-13/h1-4,11-12,16-17H,5-8H2. The van der Waals surface area contributed by atoms with Crippen molar-refractivity contribution < 1.29 is 26.7 Å². The molecule has 0 aromatic heterocycles. The summed E-state index contributed by atoms with van der Waals surface area (Å²) in [6, 6.07) is 4.95. The lowest BCUT2D eigenvalue weighted by Crippen LogP contribution is -2.76. The Balaban J connectivity index is 1.81. The maximum absolute atomic E-state index is 12.7. The minimum atomic E-state index is -3.67. The van der Waals surface area contributed by atoms with E-state index < -0.39 is 27.4 Å². The third-order valence-electron chi connectivity index (χ3n) is 3.84. The van der Waals surface area contributed by atoms with Crippen LogP contribution in [0.4, 0.5) is 8.78 Å². The molecule has 1 aromatic carbocycles. The predicted octanol–water partition coefficient (Wildman–Crippen LogP) is 0.350. The third-order valence-corrected chi connectivity index (χ3v) is 5.99. The van der Waals surface area contributed by atoms with Gasteiger partial charge in [0.05, 0.1) is 11.5 Å². The lowest BCUT2D eigenvalue weighted by Gasteiger charge is -2.51. The number of morpholine rings is 1. The number of alkyl halides is 2. The highest BCUT2D eigenvalue weighted by atomic mass is 32.2. The molecule has 6 nitrogen and oxygen atoms in total. The molecule has 2 atom stereocenters. The molecule has 2 saturated heterocycles. The summed E-state index contributed by atoms with van der Waals surface area (Å²) < 4.78 is 59.4. The SMILES string of the molecule is O=S(=O)(c1ccc(OC(F)F)cc1)C1NCC12CNCCO2. The van der Waals surface area contributed by atoms with E-state index in [1.807, 2.05) is 0 Å². The first kappa shape index (κ1) is 15.6. The summed E-state index contributed by atoms with van der Waals surface area (Å²) in [6.07, 6.45) is 0. The fraction of sp³-hybridized carbons (Fsp3) is 0.538. The molecule has 2 N–H and O–H groups in total. The Morgan fingerprint density at radius 3 is 2.50 bits per heavy atom. The van der Waals surface area contributed by atoms with Gasteiger partial charge < -0.3 is 14.8 Å². The fourth-order valence-electron chi connectivity index (χ4n) is 2.71. The minimum Gasteiger partial charge on any atom is -0.435 e. The van der Waals surface area contributed by atoms with Gasteiger partial charge in [-0.15, -0.1) is 0 Å². The second kappa shape index (κ2) is 5.73. The zero-order valence-corrected chi connectivity index (χ0v) is 12.4. The summed E-state index contributed by atoms with van der Waals surface area (Å²) in [7, 11) is -3.67. The van der Waals surface area contributed by atoms with Gasteiger partial charge in [0.15, 0.2) is 9.84 Å². The number of ether oxygens (including phenoxy) is 2. The Morgan fingerprint density at radius 2 is 2.00 bits per heavy atom. The molecule has 1 aromatic rings. The van der Waals surface area contributed by atoms with Crippen molar-refractivity contribution in [3.05, 3.63) is 24.3 Å². The molecule has 9 heteroatoms. The third kappa shape index (κ3) is 2.69. The van der Waals surface area contributed by atoms with E-state index in [9.17, 15) is 17.2 Å². The summed E-state index contributed by atoms with van der Waals surface area (Å²) in [5.41, 5.74) is -0.769. The summed E-state index contributed by atoms with van der Waals surface area (Å²) in [4.78, 5) is 0.0415. The zero-order chi connectivity index (χ0) is 15.8. The second-order valence-electron chi connectivity index (χ2n) is 5.25. The van der Waals surface area contributed by atoms with Gasteiger partial charge in [0.2, 0.25) is 0 Å². The van der Waals surface area contributed by atoms with Crippen molar-refractivity contribution in [2.75, 3.05) is 26.2 Å². The average molecular weight is 334 g/mol. The first-order valence-electron chi connectivity index (χ1n) is 6.81. The van der Waals surface area contributed by atoms with E-state index in [0.29, 0.717) is 26.2 Å². The van der Waals surface area contributed by atoms with E-state index in [4.69, 9.17) is 4.74 Å². The number of rotatable bonds is 4. The average Bonchev–Trinajstić information content (AvgIpc) is 2.46. The van der Waals surface area contributed by atoms with Crippen LogP contribution in [0.5, 0.6) is 5.75 Å². The quantitative estimate of drug-likeness (QED) is 0.827. The van der Waals surface area contributed by atoms with Crippen LogP contribution in [-0.2, 0) is 14.6 Å². The molecule has 0 radical (unpaired) electrons. The van der Waals surface area contributed by atoms with Crippen LogP contribution in [-0.4, -0.2) is 52.2 Å². The van der Waals surface area contributed by atoms with E-state index in [2.05, 4.69) is 15.4 Å². The van der Waals surface area contributed by atoms with Crippen LogP contribution in [0.1, 0.15) is 0 Å². The molecule has 22 heavy (non-hydrogen) atoms. The van der Waals surface area contributed by atoms with Crippen molar-refractivity contribution in [2.45, 2.75) is 22.5 Å². The monoisotopic (exact) mass is 334 g/mol. The van der Waals surface area contributed by atoms with Crippen molar-refractivity contribution in [1.82, 2.24) is 10.6 Å².